The summed E-state index contributed by atoms with van der Waals surface area (Å²) in [5.41, 5.74) is 0.817. The van der Waals surface area contributed by atoms with Crippen molar-refractivity contribution in [1.82, 2.24) is 10.2 Å². The van der Waals surface area contributed by atoms with E-state index in [0.717, 1.165) is 16.7 Å². The number of para-hydroxylation sites is 1. The number of carboxylic acid groups (broad SMARTS) is 1. The molecule has 6 nitrogen and oxygen atoms in total. The molecule has 0 bridgehead atoms. The fourth-order valence-electron chi connectivity index (χ4n) is 3.70. The first-order valence-electron chi connectivity index (χ1n) is 9.28. The number of fused-ring (bicyclic) bond motifs is 1. The van der Waals surface area contributed by atoms with Gasteiger partial charge in [-0.05, 0) is 51.7 Å². The Bertz CT molecular complexity index is 744. The summed E-state index contributed by atoms with van der Waals surface area (Å²) in [5.74, 6) is -0.249. The lowest BCUT2D eigenvalue weighted by atomic mass is 9.86. The van der Waals surface area contributed by atoms with Gasteiger partial charge in [-0.2, -0.15) is 0 Å². The van der Waals surface area contributed by atoms with Gasteiger partial charge >= 0.3 is 12.0 Å². The number of rotatable bonds is 5. The molecule has 1 atom stereocenters. The van der Waals surface area contributed by atoms with Crippen LogP contribution in [0.1, 0.15) is 51.3 Å². The fourth-order valence-corrected chi connectivity index (χ4v) is 3.70. The summed E-state index contributed by atoms with van der Waals surface area (Å²) in [7, 11) is 0. The molecule has 2 N–H and O–H groups in total. The van der Waals surface area contributed by atoms with Crippen LogP contribution in [0.25, 0.3) is 11.0 Å². The third-order valence-corrected chi connectivity index (χ3v) is 5.33. The predicted octanol–water partition coefficient (Wildman–Crippen LogP) is 4.17. The number of furan rings is 1. The second-order valence-corrected chi connectivity index (χ2v) is 6.98. The van der Waals surface area contributed by atoms with E-state index in [2.05, 4.69) is 5.32 Å². The highest BCUT2D eigenvalue weighted by Crippen LogP contribution is 2.28. The van der Waals surface area contributed by atoms with Gasteiger partial charge in [-0.1, -0.05) is 18.2 Å². The first-order chi connectivity index (χ1) is 12.5. The minimum Gasteiger partial charge on any atom is -0.481 e. The summed E-state index contributed by atoms with van der Waals surface area (Å²) in [6.45, 7) is 4.47. The van der Waals surface area contributed by atoms with Gasteiger partial charge in [0.25, 0.3) is 0 Å². The minimum atomic E-state index is -0.733. The van der Waals surface area contributed by atoms with E-state index < -0.39 is 5.97 Å². The van der Waals surface area contributed by atoms with Crippen LogP contribution in [-0.4, -0.2) is 34.6 Å². The van der Waals surface area contributed by atoms with Gasteiger partial charge in [0.1, 0.15) is 11.3 Å². The molecule has 0 spiro atoms. The molecule has 140 valence electrons. The van der Waals surface area contributed by atoms with E-state index in [1.807, 2.05) is 44.2 Å². The van der Waals surface area contributed by atoms with Crippen molar-refractivity contribution >= 4 is 23.0 Å². The Morgan fingerprint density at radius 1 is 1.27 bits per heavy atom. The average Bonchev–Trinajstić information content (AvgIpc) is 3.07. The summed E-state index contributed by atoms with van der Waals surface area (Å²) >= 11 is 0. The van der Waals surface area contributed by atoms with Gasteiger partial charge in [0.2, 0.25) is 0 Å². The third kappa shape index (κ3) is 3.84. The maximum absolute atomic E-state index is 12.7. The Morgan fingerprint density at radius 3 is 2.58 bits per heavy atom. The van der Waals surface area contributed by atoms with Gasteiger partial charge in [0.15, 0.2) is 0 Å². The molecule has 2 amide bonds. The smallest absolute Gasteiger partial charge is 0.318 e. The average molecular weight is 358 g/mol. The molecule has 1 aromatic heterocycles. The fraction of sp³-hybridized carbons (Fsp3) is 0.500. The quantitative estimate of drug-likeness (QED) is 0.840. The van der Waals surface area contributed by atoms with E-state index in [1.165, 1.54) is 0 Å². The van der Waals surface area contributed by atoms with Crippen molar-refractivity contribution < 1.29 is 19.1 Å². The summed E-state index contributed by atoms with van der Waals surface area (Å²) in [5, 5.41) is 13.2. The molecule has 26 heavy (non-hydrogen) atoms. The molecule has 0 aliphatic heterocycles. The van der Waals surface area contributed by atoms with Gasteiger partial charge in [0.05, 0.1) is 12.0 Å². The van der Waals surface area contributed by atoms with Crippen LogP contribution in [0, 0.1) is 5.92 Å². The molecular weight excluding hydrogens is 332 g/mol. The van der Waals surface area contributed by atoms with Gasteiger partial charge in [-0.25, -0.2) is 4.79 Å². The Morgan fingerprint density at radius 2 is 1.96 bits per heavy atom. The second kappa shape index (κ2) is 7.81. The zero-order valence-corrected chi connectivity index (χ0v) is 15.3. The van der Waals surface area contributed by atoms with Crippen LogP contribution in [0.5, 0.6) is 0 Å². The largest absolute Gasteiger partial charge is 0.481 e. The second-order valence-electron chi connectivity index (χ2n) is 6.98. The van der Waals surface area contributed by atoms with Crippen LogP contribution in [0.4, 0.5) is 4.79 Å². The van der Waals surface area contributed by atoms with Crippen LogP contribution < -0.4 is 5.32 Å². The number of hydrogen-bond donors (Lipinski definition) is 2. The summed E-state index contributed by atoms with van der Waals surface area (Å²) in [4.78, 5) is 25.5. The highest BCUT2D eigenvalue weighted by atomic mass is 16.4. The Hall–Kier alpha value is -2.50. The maximum atomic E-state index is 12.7. The van der Waals surface area contributed by atoms with Crippen LogP contribution in [-0.2, 0) is 4.79 Å². The Balaban J connectivity index is 1.64. The van der Waals surface area contributed by atoms with Gasteiger partial charge in [-0.15, -0.1) is 0 Å². The van der Waals surface area contributed by atoms with Crippen molar-refractivity contribution in [3.05, 3.63) is 36.1 Å². The number of carbonyl (C=O) groups is 2. The third-order valence-electron chi connectivity index (χ3n) is 5.33. The van der Waals surface area contributed by atoms with E-state index in [9.17, 15) is 9.59 Å². The number of carboxylic acids is 1. The molecule has 1 saturated carbocycles. The molecule has 1 fully saturated rings. The number of benzene rings is 1. The summed E-state index contributed by atoms with van der Waals surface area (Å²) in [6.07, 6.45) is 2.65. The molecule has 2 aromatic rings. The molecule has 1 aromatic carbocycles. The molecule has 3 rings (SSSR count). The normalized spacial score (nSPS) is 21.3. The molecule has 1 aliphatic carbocycles. The molecule has 1 heterocycles. The zero-order valence-electron chi connectivity index (χ0n) is 15.3. The lowest BCUT2D eigenvalue weighted by Crippen LogP contribution is -2.47. The van der Waals surface area contributed by atoms with Crippen molar-refractivity contribution in [2.24, 2.45) is 5.92 Å². The highest BCUT2D eigenvalue weighted by Gasteiger charge is 2.29. The SMILES string of the molecule is CCN(C(=O)NC1CCC(C(=O)O)CC1)C(C)c1cc2ccccc2o1. The minimum absolute atomic E-state index is 0.0371. The molecule has 1 aliphatic rings. The summed E-state index contributed by atoms with van der Waals surface area (Å²) < 4.78 is 5.91. The van der Waals surface area contributed by atoms with Crippen LogP contribution in [0.15, 0.2) is 34.7 Å². The standard InChI is InChI=1S/C20H26N2O4/c1-3-22(13(2)18-12-15-6-4-5-7-17(15)26-18)20(25)21-16-10-8-14(9-11-16)19(23)24/h4-7,12-14,16H,3,8-11H2,1-2H3,(H,21,25)(H,23,24). The Labute approximate surface area is 153 Å². The van der Waals surface area contributed by atoms with Crippen LogP contribution >= 0.6 is 0 Å². The van der Waals surface area contributed by atoms with Crippen molar-refractivity contribution in [3.63, 3.8) is 0 Å². The summed E-state index contributed by atoms with van der Waals surface area (Å²) in [6, 6.07) is 9.52. The lowest BCUT2D eigenvalue weighted by molar-refractivity contribution is -0.142. The van der Waals surface area contributed by atoms with Crippen molar-refractivity contribution in [2.75, 3.05) is 6.54 Å². The number of nitrogens with one attached hydrogen (secondary N) is 1. The monoisotopic (exact) mass is 358 g/mol. The Kier molecular flexibility index (Phi) is 5.49. The van der Waals surface area contributed by atoms with E-state index >= 15 is 0 Å². The van der Waals surface area contributed by atoms with Crippen LogP contribution in [0.2, 0.25) is 0 Å². The zero-order chi connectivity index (χ0) is 18.7. The molecule has 0 saturated heterocycles. The number of hydrogen-bond acceptors (Lipinski definition) is 3. The number of carbonyl (C=O) groups excluding carboxylic acids is 1. The van der Waals surface area contributed by atoms with E-state index in [4.69, 9.17) is 9.52 Å². The number of nitrogens with zero attached hydrogens (tertiary/aromatic N) is 1. The highest BCUT2D eigenvalue weighted by molar-refractivity contribution is 5.79. The first-order valence-corrected chi connectivity index (χ1v) is 9.28. The van der Waals surface area contributed by atoms with E-state index in [-0.39, 0.29) is 24.0 Å². The number of amides is 2. The molecule has 0 radical (unpaired) electrons. The first kappa shape index (κ1) is 18.3. The number of aliphatic carboxylic acids is 1. The van der Waals surface area contributed by atoms with E-state index in [0.29, 0.717) is 32.2 Å². The van der Waals surface area contributed by atoms with Gasteiger partial charge < -0.3 is 19.7 Å². The number of urea groups is 1. The van der Waals surface area contributed by atoms with Gasteiger partial charge in [0, 0.05) is 18.0 Å². The molecule has 1 unspecified atom stereocenters. The van der Waals surface area contributed by atoms with E-state index in [1.54, 1.807) is 4.90 Å². The van der Waals surface area contributed by atoms with Crippen LogP contribution in [0.3, 0.4) is 0 Å². The predicted molar refractivity (Wildman–Crippen MR) is 98.9 cm³/mol. The maximum Gasteiger partial charge on any atom is 0.318 e. The lowest BCUT2D eigenvalue weighted by Gasteiger charge is -2.32. The molecular formula is C20H26N2O4. The van der Waals surface area contributed by atoms with Gasteiger partial charge in [-0.3, -0.25) is 4.79 Å². The van der Waals surface area contributed by atoms with Crippen molar-refractivity contribution in [3.8, 4) is 0 Å². The molecule has 6 heteroatoms. The van der Waals surface area contributed by atoms with Crippen molar-refractivity contribution in [1.29, 1.82) is 0 Å². The topological polar surface area (TPSA) is 82.8 Å². The van der Waals surface area contributed by atoms with Crippen molar-refractivity contribution in [2.45, 2.75) is 51.6 Å².